The lowest BCUT2D eigenvalue weighted by atomic mass is 9.90. The molecule has 10 heteroatoms. The van der Waals surface area contributed by atoms with E-state index in [9.17, 15) is 26.7 Å². The zero-order valence-electron chi connectivity index (χ0n) is 16.9. The molecule has 0 atom stereocenters. The van der Waals surface area contributed by atoms with Crippen LogP contribution >= 0.6 is 0 Å². The maximum atomic E-state index is 14.0. The molecule has 0 radical (unpaired) electrons. The molecule has 0 aromatic heterocycles. The van der Waals surface area contributed by atoms with E-state index in [1.54, 1.807) is 24.3 Å². The average molecular weight is 445 g/mol. The third kappa shape index (κ3) is 4.64. The van der Waals surface area contributed by atoms with Gasteiger partial charge in [0.05, 0.1) is 30.3 Å². The zero-order chi connectivity index (χ0) is 22.9. The molecule has 1 heterocycles. The van der Waals surface area contributed by atoms with E-state index in [1.165, 1.54) is 6.92 Å². The predicted molar refractivity (Wildman–Crippen MR) is 99.8 cm³/mol. The van der Waals surface area contributed by atoms with E-state index < -0.39 is 52.3 Å². The Kier molecular flexibility index (Phi) is 6.51. The minimum absolute atomic E-state index is 0.0124. The molecular weight excluding hydrogens is 425 g/mol. The van der Waals surface area contributed by atoms with Crippen molar-refractivity contribution in [2.75, 3.05) is 18.5 Å². The molecule has 1 aliphatic heterocycles. The highest BCUT2D eigenvalue weighted by molar-refractivity contribution is 5.95. The minimum Gasteiger partial charge on any atom is -0.491 e. The van der Waals surface area contributed by atoms with Gasteiger partial charge in [0.1, 0.15) is 5.75 Å². The summed E-state index contributed by atoms with van der Waals surface area (Å²) in [6.07, 6.45) is -1.86. The van der Waals surface area contributed by atoms with E-state index in [1.807, 2.05) is 13.8 Å². The molecule has 0 saturated carbocycles. The Balaban J connectivity index is 1.69. The van der Waals surface area contributed by atoms with Crippen molar-refractivity contribution in [1.82, 2.24) is 0 Å². The molecule has 0 aliphatic carbocycles. The first-order chi connectivity index (χ1) is 14.5. The lowest BCUT2D eigenvalue weighted by Crippen LogP contribution is -2.45. The number of ether oxygens (including phenoxy) is 3. The van der Waals surface area contributed by atoms with Crippen LogP contribution in [0.5, 0.6) is 5.75 Å². The van der Waals surface area contributed by atoms with E-state index in [0.717, 1.165) is 0 Å². The summed E-state index contributed by atoms with van der Waals surface area (Å²) < 4.78 is 83.9. The Bertz CT molecular complexity index is 944. The van der Waals surface area contributed by atoms with Crippen molar-refractivity contribution in [2.24, 2.45) is 5.41 Å². The fourth-order valence-corrected chi connectivity index (χ4v) is 2.91. The molecule has 1 aliphatic rings. The summed E-state index contributed by atoms with van der Waals surface area (Å²) in [5.74, 6) is -10.5. The van der Waals surface area contributed by atoms with Crippen molar-refractivity contribution in [1.29, 1.82) is 0 Å². The number of hydrogen-bond donors (Lipinski definition) is 1. The summed E-state index contributed by atoms with van der Waals surface area (Å²) in [6, 6.07) is 6.60. The van der Waals surface area contributed by atoms with Crippen LogP contribution in [0.25, 0.3) is 0 Å². The number of carbonyl (C=O) groups excluding carboxylic acids is 1. The van der Waals surface area contributed by atoms with Gasteiger partial charge in [0.25, 0.3) is 0 Å². The maximum absolute atomic E-state index is 14.0. The Labute approximate surface area is 175 Å². The number of anilines is 1. The Morgan fingerprint density at radius 1 is 0.968 bits per heavy atom. The molecule has 2 aromatic carbocycles. The van der Waals surface area contributed by atoms with Gasteiger partial charge in [-0.25, -0.2) is 22.0 Å². The van der Waals surface area contributed by atoms with E-state index in [0.29, 0.717) is 11.4 Å². The summed E-state index contributed by atoms with van der Waals surface area (Å²) in [4.78, 5) is 12.7. The van der Waals surface area contributed by atoms with E-state index >= 15 is 0 Å². The van der Waals surface area contributed by atoms with Gasteiger partial charge in [0.15, 0.2) is 29.6 Å². The molecular formula is C21H20F5NO4. The van der Waals surface area contributed by atoms with Crippen molar-refractivity contribution >= 4 is 11.6 Å². The standard InChI is InChI=1S/C21H20F5NO4/c1-10(2)31-12-6-4-11(5-7-12)27-20(28)21(3)8-29-19(30-9-21)13-14(22)16(24)18(26)17(25)15(13)23/h4-7,10,19H,8-9H2,1-3H3,(H,27,28). The predicted octanol–water partition coefficient (Wildman–Crippen LogP) is 4.86. The van der Waals surface area contributed by atoms with Crippen LogP contribution in [-0.4, -0.2) is 25.2 Å². The van der Waals surface area contributed by atoms with Gasteiger partial charge in [0, 0.05) is 5.69 Å². The molecule has 168 valence electrons. The van der Waals surface area contributed by atoms with Gasteiger partial charge < -0.3 is 19.5 Å². The Morgan fingerprint density at radius 3 is 1.94 bits per heavy atom. The smallest absolute Gasteiger partial charge is 0.234 e. The normalized spacial score (nSPS) is 21.3. The Morgan fingerprint density at radius 2 is 1.45 bits per heavy atom. The van der Waals surface area contributed by atoms with Gasteiger partial charge in [-0.05, 0) is 45.0 Å². The van der Waals surface area contributed by atoms with Gasteiger partial charge in [-0.1, -0.05) is 0 Å². The number of halogens is 5. The second-order valence-electron chi connectivity index (χ2n) is 7.64. The van der Waals surface area contributed by atoms with Crippen LogP contribution in [0.15, 0.2) is 24.3 Å². The van der Waals surface area contributed by atoms with Crippen LogP contribution in [-0.2, 0) is 14.3 Å². The fourth-order valence-electron chi connectivity index (χ4n) is 2.91. The highest BCUT2D eigenvalue weighted by atomic mass is 19.2. The summed E-state index contributed by atoms with van der Waals surface area (Å²) >= 11 is 0. The highest BCUT2D eigenvalue weighted by Gasteiger charge is 2.42. The second-order valence-corrected chi connectivity index (χ2v) is 7.64. The molecule has 0 unspecified atom stereocenters. The van der Waals surface area contributed by atoms with Gasteiger partial charge in [-0.3, -0.25) is 4.79 Å². The SMILES string of the molecule is CC(C)Oc1ccc(NC(=O)C2(C)COC(c3c(F)c(F)c(F)c(F)c3F)OC2)cc1. The molecule has 1 saturated heterocycles. The van der Waals surface area contributed by atoms with Crippen LogP contribution in [0.1, 0.15) is 32.6 Å². The minimum atomic E-state index is -2.27. The topological polar surface area (TPSA) is 56.8 Å². The molecule has 0 bridgehead atoms. The Hall–Kier alpha value is -2.72. The van der Waals surface area contributed by atoms with Gasteiger partial charge in [0.2, 0.25) is 11.7 Å². The molecule has 0 spiro atoms. The van der Waals surface area contributed by atoms with Crippen LogP contribution in [0.2, 0.25) is 0 Å². The molecule has 1 fully saturated rings. The monoisotopic (exact) mass is 445 g/mol. The molecule has 2 aromatic rings. The quantitative estimate of drug-likeness (QED) is 0.406. The number of rotatable bonds is 5. The number of nitrogens with one attached hydrogen (secondary N) is 1. The molecule has 1 amide bonds. The summed E-state index contributed by atoms with van der Waals surface area (Å²) in [7, 11) is 0. The van der Waals surface area contributed by atoms with Gasteiger partial charge >= 0.3 is 0 Å². The van der Waals surface area contributed by atoms with E-state index in [4.69, 9.17) is 14.2 Å². The first kappa shape index (κ1) is 23.0. The van der Waals surface area contributed by atoms with Crippen molar-refractivity contribution in [3.63, 3.8) is 0 Å². The van der Waals surface area contributed by atoms with E-state index in [-0.39, 0.29) is 19.3 Å². The lowest BCUT2D eigenvalue weighted by molar-refractivity contribution is -0.228. The number of carbonyl (C=O) groups is 1. The van der Waals surface area contributed by atoms with Crippen LogP contribution in [0, 0.1) is 34.5 Å². The first-order valence-electron chi connectivity index (χ1n) is 9.36. The number of hydrogen-bond acceptors (Lipinski definition) is 4. The van der Waals surface area contributed by atoms with Crippen molar-refractivity contribution < 1.29 is 41.0 Å². The summed E-state index contributed by atoms with van der Waals surface area (Å²) in [6.45, 7) is 4.47. The van der Waals surface area contributed by atoms with E-state index in [2.05, 4.69) is 5.32 Å². The van der Waals surface area contributed by atoms with Crippen molar-refractivity contribution in [3.05, 3.63) is 58.9 Å². The largest absolute Gasteiger partial charge is 0.491 e. The maximum Gasteiger partial charge on any atom is 0.234 e. The third-order valence-corrected chi connectivity index (χ3v) is 4.62. The molecule has 3 rings (SSSR count). The average Bonchev–Trinajstić information content (AvgIpc) is 2.73. The van der Waals surface area contributed by atoms with Crippen molar-refractivity contribution in [2.45, 2.75) is 33.2 Å². The third-order valence-electron chi connectivity index (χ3n) is 4.62. The molecule has 31 heavy (non-hydrogen) atoms. The van der Waals surface area contributed by atoms with Crippen molar-refractivity contribution in [3.8, 4) is 5.75 Å². The second kappa shape index (κ2) is 8.80. The molecule has 1 N–H and O–H groups in total. The van der Waals surface area contributed by atoms with Crippen LogP contribution in [0.4, 0.5) is 27.6 Å². The molecule has 5 nitrogen and oxygen atoms in total. The first-order valence-corrected chi connectivity index (χ1v) is 9.36. The van der Waals surface area contributed by atoms with Gasteiger partial charge in [-0.15, -0.1) is 0 Å². The summed E-state index contributed by atoms with van der Waals surface area (Å²) in [5.41, 5.74) is -2.04. The number of amides is 1. The fraction of sp³-hybridized carbons (Fsp3) is 0.381. The van der Waals surface area contributed by atoms with Crippen LogP contribution in [0.3, 0.4) is 0 Å². The van der Waals surface area contributed by atoms with Crippen LogP contribution < -0.4 is 10.1 Å². The lowest BCUT2D eigenvalue weighted by Gasteiger charge is -2.36. The highest BCUT2D eigenvalue weighted by Crippen LogP contribution is 2.36. The summed E-state index contributed by atoms with van der Waals surface area (Å²) in [5, 5.41) is 2.66. The number of benzene rings is 2. The van der Waals surface area contributed by atoms with Gasteiger partial charge in [-0.2, -0.15) is 0 Å². The zero-order valence-corrected chi connectivity index (χ0v) is 16.9.